The number of aromatic nitrogens is 4. The molecule has 112 valence electrons. The van der Waals surface area contributed by atoms with Gasteiger partial charge in [-0.2, -0.15) is 5.10 Å². The van der Waals surface area contributed by atoms with Gasteiger partial charge in [0, 0.05) is 6.20 Å². The van der Waals surface area contributed by atoms with E-state index in [1.807, 2.05) is 16.7 Å². The van der Waals surface area contributed by atoms with Gasteiger partial charge in [0.2, 0.25) is 0 Å². The minimum Gasteiger partial charge on any atom is -0.346 e. The largest absolute Gasteiger partial charge is 0.346 e. The first kappa shape index (κ1) is 13.5. The van der Waals surface area contributed by atoms with Gasteiger partial charge in [0.05, 0.1) is 30.2 Å². The zero-order valence-electron chi connectivity index (χ0n) is 11.7. The summed E-state index contributed by atoms with van der Waals surface area (Å²) in [5, 5.41) is 10.0. The molecule has 3 aromatic rings. The summed E-state index contributed by atoms with van der Waals surface area (Å²) < 4.78 is 2.66. The second-order valence-electron chi connectivity index (χ2n) is 5.49. The third-order valence-electron chi connectivity index (χ3n) is 3.92. The Balaban J connectivity index is 1.50. The number of carbonyl (C=O) groups is 1. The molecule has 0 aromatic carbocycles. The number of imidazole rings is 1. The molecule has 1 amide bonds. The fourth-order valence-electron chi connectivity index (χ4n) is 2.57. The summed E-state index contributed by atoms with van der Waals surface area (Å²) in [5.74, 6) is 0.503. The number of hydrogen-bond acceptors (Lipinski definition) is 3. The molecule has 4 rings (SSSR count). The zero-order valence-corrected chi connectivity index (χ0v) is 13.3. The highest BCUT2D eigenvalue weighted by molar-refractivity contribution is 9.10. The maximum atomic E-state index is 12.3. The summed E-state index contributed by atoms with van der Waals surface area (Å²) >= 11 is 3.41. The average molecular weight is 360 g/mol. The van der Waals surface area contributed by atoms with Crippen molar-refractivity contribution in [3.8, 4) is 0 Å². The lowest BCUT2D eigenvalue weighted by Gasteiger charge is -2.06. The smallest absolute Gasteiger partial charge is 0.253 e. The van der Waals surface area contributed by atoms with Gasteiger partial charge in [0.25, 0.3) is 5.91 Å². The highest BCUT2D eigenvalue weighted by atomic mass is 79.9. The first-order chi connectivity index (χ1) is 10.7. The zero-order chi connectivity index (χ0) is 15.1. The lowest BCUT2D eigenvalue weighted by Crippen LogP contribution is -2.23. The fraction of sp³-hybridized carbons (Fsp3) is 0.267. The lowest BCUT2D eigenvalue weighted by atomic mass is 10.1. The van der Waals surface area contributed by atoms with Gasteiger partial charge < -0.3 is 5.32 Å². The van der Waals surface area contributed by atoms with Gasteiger partial charge >= 0.3 is 0 Å². The Bertz CT molecular complexity index is 849. The summed E-state index contributed by atoms with van der Waals surface area (Å²) in [6.07, 6.45) is 7.78. The molecule has 1 fully saturated rings. The number of rotatable bonds is 4. The molecule has 1 aliphatic carbocycles. The van der Waals surface area contributed by atoms with Crippen molar-refractivity contribution in [1.29, 1.82) is 0 Å². The van der Waals surface area contributed by atoms with Gasteiger partial charge in [0.15, 0.2) is 0 Å². The Morgan fingerprint density at radius 1 is 1.41 bits per heavy atom. The number of halogens is 1. The van der Waals surface area contributed by atoms with E-state index in [1.165, 1.54) is 18.4 Å². The molecular weight excluding hydrogens is 346 g/mol. The van der Waals surface area contributed by atoms with Crippen molar-refractivity contribution in [2.45, 2.75) is 25.3 Å². The number of nitrogens with one attached hydrogen (secondary N) is 2. The highest BCUT2D eigenvalue weighted by Crippen LogP contribution is 2.41. The third-order valence-corrected chi connectivity index (χ3v) is 4.50. The minimum absolute atomic E-state index is 0.112. The summed E-state index contributed by atoms with van der Waals surface area (Å²) in [5.41, 5.74) is 3.63. The molecule has 3 aromatic heterocycles. The first-order valence-corrected chi connectivity index (χ1v) is 7.94. The predicted molar refractivity (Wildman–Crippen MR) is 84.6 cm³/mol. The average Bonchev–Trinajstić information content (AvgIpc) is 3.16. The second-order valence-corrected chi connectivity index (χ2v) is 6.30. The van der Waals surface area contributed by atoms with Gasteiger partial charge in [-0.05, 0) is 52.4 Å². The van der Waals surface area contributed by atoms with E-state index in [1.54, 1.807) is 18.5 Å². The van der Waals surface area contributed by atoms with Gasteiger partial charge in [-0.3, -0.25) is 14.3 Å². The molecule has 0 radical (unpaired) electrons. The number of nitrogens with zero attached hydrogens (tertiary/aromatic N) is 3. The standard InChI is InChI=1S/C15H14BrN5O/c16-13-7-17-14-4-3-10(8-21(13)14)15(22)18-6-12-11(5-19-20-12)9-1-2-9/h3-5,7-9H,1-2,6H2,(H,18,22)(H,19,20). The quantitative estimate of drug-likeness (QED) is 0.751. The normalized spacial score (nSPS) is 14.4. The number of H-pyrrole nitrogens is 1. The van der Waals surface area contributed by atoms with Crippen LogP contribution in [0.2, 0.25) is 0 Å². The molecule has 3 heterocycles. The maximum Gasteiger partial charge on any atom is 0.253 e. The van der Waals surface area contributed by atoms with E-state index in [0.29, 0.717) is 18.0 Å². The van der Waals surface area contributed by atoms with E-state index in [9.17, 15) is 4.79 Å². The Morgan fingerprint density at radius 2 is 2.27 bits per heavy atom. The van der Waals surface area contributed by atoms with E-state index in [-0.39, 0.29) is 5.91 Å². The Morgan fingerprint density at radius 3 is 3.09 bits per heavy atom. The fourth-order valence-corrected chi connectivity index (χ4v) is 2.95. The highest BCUT2D eigenvalue weighted by Gasteiger charge is 2.27. The Labute approximate surface area is 135 Å². The van der Waals surface area contributed by atoms with Crippen LogP contribution in [0.4, 0.5) is 0 Å². The molecule has 7 heteroatoms. The third kappa shape index (κ3) is 2.41. The number of hydrogen-bond donors (Lipinski definition) is 2. The minimum atomic E-state index is -0.112. The SMILES string of the molecule is O=C(NCc1[nH]ncc1C1CC1)c1ccc2ncc(Br)n2c1. The van der Waals surface area contributed by atoms with Gasteiger partial charge in [-0.15, -0.1) is 0 Å². The van der Waals surface area contributed by atoms with Crippen LogP contribution in [0.5, 0.6) is 0 Å². The van der Waals surface area contributed by atoms with E-state index in [0.717, 1.165) is 15.9 Å². The summed E-state index contributed by atoms with van der Waals surface area (Å²) in [6, 6.07) is 3.60. The molecule has 0 bridgehead atoms. The van der Waals surface area contributed by atoms with Crippen LogP contribution in [0, 0.1) is 0 Å². The summed E-state index contributed by atoms with van der Waals surface area (Å²) in [7, 11) is 0. The van der Waals surface area contributed by atoms with Gasteiger partial charge in [0.1, 0.15) is 10.3 Å². The van der Waals surface area contributed by atoms with Crippen molar-refractivity contribution in [1.82, 2.24) is 24.9 Å². The number of amides is 1. The van der Waals surface area contributed by atoms with Crippen molar-refractivity contribution in [3.05, 3.63) is 52.1 Å². The lowest BCUT2D eigenvalue weighted by molar-refractivity contribution is 0.0950. The van der Waals surface area contributed by atoms with E-state index in [2.05, 4.69) is 36.4 Å². The summed E-state index contributed by atoms with van der Waals surface area (Å²) in [6.45, 7) is 0.466. The Hall–Kier alpha value is -2.15. The van der Waals surface area contributed by atoms with Crippen LogP contribution in [-0.4, -0.2) is 25.5 Å². The molecule has 1 aliphatic rings. The van der Waals surface area contributed by atoms with Crippen LogP contribution in [0.15, 0.2) is 35.3 Å². The van der Waals surface area contributed by atoms with Crippen LogP contribution in [0.25, 0.3) is 5.65 Å². The van der Waals surface area contributed by atoms with Crippen LogP contribution >= 0.6 is 15.9 Å². The van der Waals surface area contributed by atoms with Gasteiger partial charge in [-0.25, -0.2) is 4.98 Å². The van der Waals surface area contributed by atoms with Crippen LogP contribution in [0.1, 0.15) is 40.4 Å². The summed E-state index contributed by atoms with van der Waals surface area (Å²) in [4.78, 5) is 16.5. The van der Waals surface area contributed by atoms with Crippen LogP contribution in [0.3, 0.4) is 0 Å². The number of aromatic amines is 1. The monoisotopic (exact) mass is 359 g/mol. The molecule has 0 saturated heterocycles. The maximum absolute atomic E-state index is 12.3. The van der Waals surface area contributed by atoms with Crippen molar-refractivity contribution in [3.63, 3.8) is 0 Å². The molecule has 6 nitrogen and oxygen atoms in total. The molecule has 1 saturated carbocycles. The first-order valence-electron chi connectivity index (χ1n) is 7.15. The van der Waals surface area contributed by atoms with Gasteiger partial charge in [-0.1, -0.05) is 0 Å². The molecule has 0 spiro atoms. The van der Waals surface area contributed by atoms with Crippen molar-refractivity contribution in [2.24, 2.45) is 0 Å². The van der Waals surface area contributed by atoms with E-state index >= 15 is 0 Å². The van der Waals surface area contributed by atoms with E-state index in [4.69, 9.17) is 0 Å². The molecule has 2 N–H and O–H groups in total. The topological polar surface area (TPSA) is 75.1 Å². The van der Waals surface area contributed by atoms with E-state index < -0.39 is 0 Å². The molecule has 0 unspecified atom stereocenters. The Kier molecular flexibility index (Phi) is 3.22. The predicted octanol–water partition coefficient (Wildman–Crippen LogP) is 2.63. The van der Waals surface area contributed by atoms with Crippen molar-refractivity contribution < 1.29 is 4.79 Å². The van der Waals surface area contributed by atoms with Crippen molar-refractivity contribution >= 4 is 27.5 Å². The molecule has 22 heavy (non-hydrogen) atoms. The van der Waals surface area contributed by atoms with Crippen LogP contribution < -0.4 is 5.32 Å². The molecular formula is C15H14BrN5O. The molecule has 0 atom stereocenters. The number of pyridine rings is 1. The second kappa shape index (κ2) is 5.24. The van der Waals surface area contributed by atoms with Crippen molar-refractivity contribution in [2.75, 3.05) is 0 Å². The molecule has 0 aliphatic heterocycles. The number of fused-ring (bicyclic) bond motifs is 1. The number of carbonyl (C=O) groups excluding carboxylic acids is 1. The van der Waals surface area contributed by atoms with Crippen LogP contribution in [-0.2, 0) is 6.54 Å².